The van der Waals surface area contributed by atoms with E-state index in [-0.39, 0.29) is 5.54 Å². The molecule has 0 aromatic heterocycles. The molecule has 0 radical (unpaired) electrons. The third-order valence-electron chi connectivity index (χ3n) is 5.31. The van der Waals surface area contributed by atoms with E-state index in [1.807, 2.05) is 0 Å². The molecule has 3 fully saturated rings. The maximum atomic E-state index is 6.48. The van der Waals surface area contributed by atoms with Crippen molar-refractivity contribution in [2.24, 2.45) is 28.9 Å². The monoisotopic (exact) mass is 193 g/mol. The van der Waals surface area contributed by atoms with Crippen molar-refractivity contribution in [1.82, 2.24) is 0 Å². The summed E-state index contributed by atoms with van der Waals surface area (Å²) in [6.45, 7) is 13.4. The minimum Gasteiger partial charge on any atom is -0.325 e. The molecule has 3 saturated carbocycles. The Morgan fingerprint density at radius 2 is 2.07 bits per heavy atom. The number of hydrogen-bond acceptors (Lipinski definition) is 1. The van der Waals surface area contributed by atoms with E-state index < -0.39 is 0 Å². The zero-order chi connectivity index (χ0) is 10.7. The summed E-state index contributed by atoms with van der Waals surface area (Å²) in [4.78, 5) is 0. The fourth-order valence-corrected chi connectivity index (χ4v) is 4.03. The Balaban J connectivity index is 2.38. The van der Waals surface area contributed by atoms with Crippen molar-refractivity contribution in [1.29, 1.82) is 0 Å². The number of rotatable bonds is 1. The zero-order valence-corrected chi connectivity index (χ0v) is 9.93. The summed E-state index contributed by atoms with van der Waals surface area (Å²) < 4.78 is 0. The number of nitrogens with two attached hydrogens (primary N) is 1. The van der Waals surface area contributed by atoms with E-state index in [0.29, 0.717) is 17.3 Å². The lowest BCUT2D eigenvalue weighted by Gasteiger charge is -2.68. The van der Waals surface area contributed by atoms with Gasteiger partial charge in [-0.25, -0.2) is 0 Å². The summed E-state index contributed by atoms with van der Waals surface area (Å²) >= 11 is 0. The van der Waals surface area contributed by atoms with E-state index in [0.717, 1.165) is 5.92 Å². The van der Waals surface area contributed by atoms with Crippen LogP contribution in [0.4, 0.5) is 0 Å². The van der Waals surface area contributed by atoms with Gasteiger partial charge >= 0.3 is 0 Å². The molecule has 0 spiro atoms. The van der Waals surface area contributed by atoms with Crippen molar-refractivity contribution in [2.75, 3.05) is 0 Å². The standard InChI is InChI=1S/C13H23N/c1-6-12(4)10-7-8(2)13(5,14)11(12)9(10)3/h8,10-11H,3,6-7,14H2,1-2,4-5H3/t8?,10-,11?,12?,13?/m1/s1. The smallest absolute Gasteiger partial charge is 0.0223 e. The van der Waals surface area contributed by atoms with Crippen LogP contribution < -0.4 is 5.73 Å². The fraction of sp³-hybridized carbons (Fsp3) is 0.846. The third-order valence-corrected chi connectivity index (χ3v) is 5.31. The molecule has 0 heterocycles. The molecule has 0 aliphatic heterocycles. The molecule has 3 rings (SSSR count). The molecule has 2 bridgehead atoms. The summed E-state index contributed by atoms with van der Waals surface area (Å²) in [5.74, 6) is 1.93. The maximum absolute atomic E-state index is 6.48. The molecule has 2 N–H and O–H groups in total. The predicted molar refractivity (Wildman–Crippen MR) is 60.9 cm³/mol. The molecule has 5 atom stereocenters. The summed E-state index contributed by atoms with van der Waals surface area (Å²) in [5, 5.41) is 0. The highest BCUT2D eigenvalue weighted by atomic mass is 14.8. The van der Waals surface area contributed by atoms with Crippen LogP contribution in [0.25, 0.3) is 0 Å². The molecule has 14 heavy (non-hydrogen) atoms. The maximum Gasteiger partial charge on any atom is 0.0223 e. The second-order valence-corrected chi connectivity index (χ2v) is 5.92. The van der Waals surface area contributed by atoms with Gasteiger partial charge in [0.2, 0.25) is 0 Å². The first-order valence-electron chi connectivity index (χ1n) is 5.83. The molecule has 1 heteroatoms. The molecule has 80 valence electrons. The van der Waals surface area contributed by atoms with Crippen LogP contribution in [0.3, 0.4) is 0 Å². The Morgan fingerprint density at radius 3 is 2.50 bits per heavy atom. The van der Waals surface area contributed by atoms with Crippen LogP contribution in [0, 0.1) is 23.2 Å². The lowest BCUT2D eigenvalue weighted by Crippen LogP contribution is -2.69. The Labute approximate surface area is 87.8 Å². The molecule has 4 unspecified atom stereocenters. The summed E-state index contributed by atoms with van der Waals surface area (Å²) in [6, 6.07) is 0. The lowest BCUT2D eigenvalue weighted by molar-refractivity contribution is -0.0878. The summed E-state index contributed by atoms with van der Waals surface area (Å²) in [6.07, 6.45) is 2.48. The van der Waals surface area contributed by atoms with Gasteiger partial charge in [0.1, 0.15) is 0 Å². The van der Waals surface area contributed by atoms with Crippen LogP contribution in [0.5, 0.6) is 0 Å². The topological polar surface area (TPSA) is 26.0 Å². The average molecular weight is 193 g/mol. The van der Waals surface area contributed by atoms with Crippen LogP contribution in [-0.2, 0) is 0 Å². The largest absolute Gasteiger partial charge is 0.325 e. The molecular weight excluding hydrogens is 170 g/mol. The van der Waals surface area contributed by atoms with Crippen LogP contribution in [-0.4, -0.2) is 5.54 Å². The van der Waals surface area contributed by atoms with Gasteiger partial charge in [-0.05, 0) is 37.0 Å². The van der Waals surface area contributed by atoms with Crippen molar-refractivity contribution in [2.45, 2.75) is 46.1 Å². The van der Waals surface area contributed by atoms with Gasteiger partial charge in [-0.1, -0.05) is 32.9 Å². The normalized spacial score (nSPS) is 56.9. The first-order chi connectivity index (χ1) is 6.35. The minimum absolute atomic E-state index is 0.0312. The van der Waals surface area contributed by atoms with Gasteiger partial charge in [0.15, 0.2) is 0 Å². The van der Waals surface area contributed by atoms with E-state index in [2.05, 4.69) is 34.3 Å². The first kappa shape index (κ1) is 10.2. The van der Waals surface area contributed by atoms with Gasteiger partial charge in [0.25, 0.3) is 0 Å². The SMILES string of the molecule is C=C1C2C(C)(N)C(C)C[C@H]1C2(C)CC. The molecule has 0 saturated heterocycles. The van der Waals surface area contributed by atoms with E-state index in [4.69, 9.17) is 5.73 Å². The second-order valence-electron chi connectivity index (χ2n) is 5.92. The van der Waals surface area contributed by atoms with Gasteiger partial charge in [0, 0.05) is 11.5 Å². The molecule has 1 nitrogen and oxygen atoms in total. The molecular formula is C13H23N. The predicted octanol–water partition coefficient (Wildman–Crippen LogP) is 2.96. The highest BCUT2D eigenvalue weighted by Gasteiger charge is 2.64. The Morgan fingerprint density at radius 1 is 1.50 bits per heavy atom. The van der Waals surface area contributed by atoms with Crippen molar-refractivity contribution in [3.63, 3.8) is 0 Å². The van der Waals surface area contributed by atoms with Crippen molar-refractivity contribution in [3.8, 4) is 0 Å². The van der Waals surface area contributed by atoms with E-state index >= 15 is 0 Å². The van der Waals surface area contributed by atoms with Crippen molar-refractivity contribution >= 4 is 0 Å². The molecule has 0 aromatic rings. The third kappa shape index (κ3) is 0.894. The Hall–Kier alpha value is -0.300. The Kier molecular flexibility index (Phi) is 1.92. The highest BCUT2D eigenvalue weighted by Crippen LogP contribution is 2.67. The van der Waals surface area contributed by atoms with Crippen LogP contribution >= 0.6 is 0 Å². The molecule has 3 aliphatic carbocycles. The fourth-order valence-electron chi connectivity index (χ4n) is 4.03. The minimum atomic E-state index is -0.0312. The van der Waals surface area contributed by atoms with Gasteiger partial charge in [-0.15, -0.1) is 0 Å². The zero-order valence-electron chi connectivity index (χ0n) is 9.93. The summed E-state index contributed by atoms with van der Waals surface area (Å²) in [7, 11) is 0. The van der Waals surface area contributed by atoms with Crippen molar-refractivity contribution < 1.29 is 0 Å². The lowest BCUT2D eigenvalue weighted by atomic mass is 9.38. The molecule has 0 amide bonds. The number of hydrogen-bond donors (Lipinski definition) is 1. The Bertz CT molecular complexity index is 274. The van der Waals surface area contributed by atoms with Gasteiger partial charge in [-0.2, -0.15) is 0 Å². The first-order valence-corrected chi connectivity index (χ1v) is 5.83. The quantitative estimate of drug-likeness (QED) is 0.637. The van der Waals surface area contributed by atoms with Crippen LogP contribution in [0.2, 0.25) is 0 Å². The van der Waals surface area contributed by atoms with E-state index in [9.17, 15) is 0 Å². The second kappa shape index (κ2) is 2.63. The van der Waals surface area contributed by atoms with Gasteiger partial charge < -0.3 is 5.73 Å². The van der Waals surface area contributed by atoms with Gasteiger partial charge in [-0.3, -0.25) is 0 Å². The van der Waals surface area contributed by atoms with E-state index in [1.165, 1.54) is 18.4 Å². The van der Waals surface area contributed by atoms with Crippen LogP contribution in [0.15, 0.2) is 12.2 Å². The van der Waals surface area contributed by atoms with E-state index in [1.54, 1.807) is 0 Å². The number of fused-ring (bicyclic) bond motifs is 2. The highest BCUT2D eigenvalue weighted by molar-refractivity contribution is 5.34. The van der Waals surface area contributed by atoms with Crippen molar-refractivity contribution in [3.05, 3.63) is 12.2 Å². The molecule has 3 aliphatic rings. The van der Waals surface area contributed by atoms with Crippen LogP contribution in [0.1, 0.15) is 40.5 Å². The molecule has 0 aromatic carbocycles. The van der Waals surface area contributed by atoms with Gasteiger partial charge in [0.05, 0.1) is 0 Å². The average Bonchev–Trinajstić information content (AvgIpc) is 2.10. The summed E-state index contributed by atoms with van der Waals surface area (Å²) in [5.41, 5.74) is 8.32.